The van der Waals surface area contributed by atoms with Gasteiger partial charge in [-0.3, -0.25) is 9.59 Å². The van der Waals surface area contributed by atoms with Gasteiger partial charge in [0.2, 0.25) is 5.91 Å². The lowest BCUT2D eigenvalue weighted by atomic mass is 9.86. The fourth-order valence-electron chi connectivity index (χ4n) is 4.58. The van der Waals surface area contributed by atoms with E-state index < -0.39 is 0 Å². The molecule has 0 radical (unpaired) electrons. The Labute approximate surface area is 170 Å². The second kappa shape index (κ2) is 6.69. The third-order valence-corrected chi connectivity index (χ3v) is 6.21. The van der Waals surface area contributed by atoms with E-state index in [1.54, 1.807) is 6.07 Å². The van der Waals surface area contributed by atoms with Crippen LogP contribution in [0.3, 0.4) is 0 Å². The number of carbonyl (C=O) groups is 2. The van der Waals surface area contributed by atoms with Crippen molar-refractivity contribution in [3.8, 4) is 0 Å². The highest BCUT2D eigenvalue weighted by molar-refractivity contribution is 5.98. The summed E-state index contributed by atoms with van der Waals surface area (Å²) in [7, 11) is 0. The SMILES string of the molecule is Cc1ccc(N2CC3(CCN(C(=O)c4ccc5ccccc5n4)C3)CC2=O)cc1. The summed E-state index contributed by atoms with van der Waals surface area (Å²) in [5.41, 5.74) is 3.26. The monoisotopic (exact) mass is 385 g/mol. The van der Waals surface area contributed by atoms with E-state index in [9.17, 15) is 9.59 Å². The first kappa shape index (κ1) is 17.9. The molecule has 0 N–H and O–H groups in total. The van der Waals surface area contributed by atoms with Gasteiger partial charge in [0.1, 0.15) is 5.69 Å². The summed E-state index contributed by atoms with van der Waals surface area (Å²) < 4.78 is 0. The maximum Gasteiger partial charge on any atom is 0.272 e. The fraction of sp³-hybridized carbons (Fsp3) is 0.292. The number of amides is 2. The maximum atomic E-state index is 13.1. The van der Waals surface area contributed by atoms with E-state index in [1.807, 2.05) is 71.3 Å². The molecule has 146 valence electrons. The van der Waals surface area contributed by atoms with Crippen molar-refractivity contribution in [3.05, 3.63) is 71.9 Å². The van der Waals surface area contributed by atoms with Gasteiger partial charge in [0, 0.05) is 42.5 Å². The zero-order valence-corrected chi connectivity index (χ0v) is 16.5. The molecule has 0 aliphatic carbocycles. The van der Waals surface area contributed by atoms with Crippen LogP contribution in [-0.2, 0) is 4.79 Å². The summed E-state index contributed by atoms with van der Waals surface area (Å²) in [5, 5.41) is 1.03. The van der Waals surface area contributed by atoms with Gasteiger partial charge in [-0.25, -0.2) is 4.98 Å². The number of fused-ring (bicyclic) bond motifs is 1. The van der Waals surface area contributed by atoms with Crippen molar-refractivity contribution >= 4 is 28.4 Å². The zero-order valence-electron chi connectivity index (χ0n) is 16.5. The fourth-order valence-corrected chi connectivity index (χ4v) is 4.58. The van der Waals surface area contributed by atoms with Gasteiger partial charge in [-0.05, 0) is 37.6 Å². The predicted octanol–water partition coefficient (Wildman–Crippen LogP) is 3.81. The largest absolute Gasteiger partial charge is 0.337 e. The quantitative estimate of drug-likeness (QED) is 0.674. The van der Waals surface area contributed by atoms with Crippen LogP contribution in [0.2, 0.25) is 0 Å². The second-order valence-electron chi connectivity index (χ2n) is 8.36. The molecule has 3 heterocycles. The number of likely N-dealkylation sites (tertiary alicyclic amines) is 1. The van der Waals surface area contributed by atoms with Gasteiger partial charge in [0.05, 0.1) is 5.52 Å². The number of rotatable bonds is 2. The van der Waals surface area contributed by atoms with Crippen LogP contribution in [0.5, 0.6) is 0 Å². The molecule has 2 aromatic carbocycles. The van der Waals surface area contributed by atoms with Crippen LogP contribution in [0.15, 0.2) is 60.7 Å². The van der Waals surface area contributed by atoms with Crippen molar-refractivity contribution < 1.29 is 9.59 Å². The number of aromatic nitrogens is 1. The minimum Gasteiger partial charge on any atom is -0.337 e. The minimum absolute atomic E-state index is 0.0473. The number of hydrogen-bond acceptors (Lipinski definition) is 3. The van der Waals surface area contributed by atoms with Crippen LogP contribution in [0, 0.1) is 12.3 Å². The molecule has 0 saturated carbocycles. The molecule has 2 fully saturated rings. The Morgan fingerprint density at radius 3 is 2.62 bits per heavy atom. The number of benzene rings is 2. The zero-order chi connectivity index (χ0) is 20.0. The molecular formula is C24H23N3O2. The molecule has 1 spiro atoms. The highest BCUT2D eigenvalue weighted by Gasteiger charge is 2.49. The number of carbonyl (C=O) groups excluding carboxylic acids is 2. The van der Waals surface area contributed by atoms with E-state index in [0.29, 0.717) is 31.7 Å². The van der Waals surface area contributed by atoms with E-state index >= 15 is 0 Å². The van der Waals surface area contributed by atoms with Gasteiger partial charge in [0.25, 0.3) is 5.91 Å². The van der Waals surface area contributed by atoms with E-state index in [4.69, 9.17) is 0 Å². The summed E-state index contributed by atoms with van der Waals surface area (Å²) in [6, 6.07) is 19.6. The Balaban J connectivity index is 1.34. The number of pyridine rings is 1. The smallest absolute Gasteiger partial charge is 0.272 e. The molecule has 0 bridgehead atoms. The maximum absolute atomic E-state index is 13.1. The summed E-state index contributed by atoms with van der Waals surface area (Å²) in [6.07, 6.45) is 1.34. The summed E-state index contributed by atoms with van der Waals surface area (Å²) in [4.78, 5) is 34.1. The molecule has 1 atom stereocenters. The van der Waals surface area contributed by atoms with Crippen LogP contribution in [-0.4, -0.2) is 41.3 Å². The lowest BCUT2D eigenvalue weighted by Gasteiger charge is -2.24. The van der Waals surface area contributed by atoms with Crippen LogP contribution in [0.25, 0.3) is 10.9 Å². The van der Waals surface area contributed by atoms with Crippen molar-refractivity contribution in [1.82, 2.24) is 9.88 Å². The molecule has 5 nitrogen and oxygen atoms in total. The Hall–Kier alpha value is -3.21. The Kier molecular flexibility index (Phi) is 4.12. The third-order valence-electron chi connectivity index (χ3n) is 6.21. The number of nitrogens with zero attached hydrogens (tertiary/aromatic N) is 3. The highest BCUT2D eigenvalue weighted by Crippen LogP contribution is 2.42. The van der Waals surface area contributed by atoms with Crippen LogP contribution < -0.4 is 4.90 Å². The Morgan fingerprint density at radius 2 is 1.79 bits per heavy atom. The Morgan fingerprint density at radius 1 is 1.00 bits per heavy atom. The average molecular weight is 385 g/mol. The third kappa shape index (κ3) is 3.16. The van der Waals surface area contributed by atoms with Crippen molar-refractivity contribution in [3.63, 3.8) is 0 Å². The highest BCUT2D eigenvalue weighted by atomic mass is 16.2. The first-order valence-corrected chi connectivity index (χ1v) is 10.1. The van der Waals surface area contributed by atoms with Crippen LogP contribution >= 0.6 is 0 Å². The van der Waals surface area contributed by atoms with Crippen molar-refractivity contribution in [2.24, 2.45) is 5.41 Å². The van der Waals surface area contributed by atoms with E-state index in [2.05, 4.69) is 4.98 Å². The molecule has 2 amide bonds. The van der Waals surface area contributed by atoms with Gasteiger partial charge in [-0.15, -0.1) is 0 Å². The van der Waals surface area contributed by atoms with E-state index in [1.165, 1.54) is 5.56 Å². The van der Waals surface area contributed by atoms with Gasteiger partial charge in [-0.1, -0.05) is 42.0 Å². The standard InChI is InChI=1S/C24H23N3O2/c1-17-6-9-19(10-7-17)27-16-24(14-22(27)28)12-13-26(15-24)23(29)21-11-8-18-4-2-3-5-20(18)25-21/h2-11H,12-16H2,1H3. The van der Waals surface area contributed by atoms with Crippen molar-refractivity contribution in [2.75, 3.05) is 24.5 Å². The Bertz CT molecular complexity index is 1110. The molecule has 3 aromatic rings. The predicted molar refractivity (Wildman–Crippen MR) is 113 cm³/mol. The second-order valence-corrected chi connectivity index (χ2v) is 8.36. The molecule has 5 heteroatoms. The van der Waals surface area contributed by atoms with Crippen molar-refractivity contribution in [1.29, 1.82) is 0 Å². The lowest BCUT2D eigenvalue weighted by Crippen LogP contribution is -2.34. The molecule has 2 saturated heterocycles. The number of para-hydroxylation sites is 1. The molecule has 1 aromatic heterocycles. The first-order chi connectivity index (χ1) is 14.0. The minimum atomic E-state index is -0.158. The first-order valence-electron chi connectivity index (χ1n) is 10.1. The molecular weight excluding hydrogens is 362 g/mol. The van der Waals surface area contributed by atoms with Gasteiger partial charge < -0.3 is 9.80 Å². The lowest BCUT2D eigenvalue weighted by molar-refractivity contribution is -0.117. The summed E-state index contributed by atoms with van der Waals surface area (Å²) >= 11 is 0. The summed E-state index contributed by atoms with van der Waals surface area (Å²) in [6.45, 7) is 3.99. The van der Waals surface area contributed by atoms with Crippen LogP contribution in [0.1, 0.15) is 28.9 Å². The van der Waals surface area contributed by atoms with Gasteiger partial charge in [0.15, 0.2) is 0 Å². The number of hydrogen-bond donors (Lipinski definition) is 0. The normalized spacial score (nSPS) is 21.5. The van der Waals surface area contributed by atoms with Gasteiger partial charge >= 0.3 is 0 Å². The van der Waals surface area contributed by atoms with Gasteiger partial charge in [-0.2, -0.15) is 0 Å². The number of anilines is 1. The number of aryl methyl sites for hydroxylation is 1. The molecule has 2 aliphatic heterocycles. The molecule has 1 unspecified atom stereocenters. The van der Waals surface area contributed by atoms with E-state index in [-0.39, 0.29) is 17.2 Å². The molecule has 29 heavy (non-hydrogen) atoms. The van der Waals surface area contributed by atoms with E-state index in [0.717, 1.165) is 23.0 Å². The topological polar surface area (TPSA) is 53.5 Å². The average Bonchev–Trinajstić information content (AvgIpc) is 3.30. The summed E-state index contributed by atoms with van der Waals surface area (Å²) in [5.74, 6) is 0.0980. The van der Waals surface area contributed by atoms with Crippen molar-refractivity contribution in [2.45, 2.75) is 19.8 Å². The van der Waals surface area contributed by atoms with Crippen LogP contribution in [0.4, 0.5) is 5.69 Å². The molecule has 2 aliphatic rings. The molecule has 5 rings (SSSR count).